The lowest BCUT2D eigenvalue weighted by Crippen LogP contribution is -2.30. The molecule has 4 amide bonds. The lowest BCUT2D eigenvalue weighted by Gasteiger charge is -2.16. The first-order valence-corrected chi connectivity index (χ1v) is 8.18. The highest BCUT2D eigenvalue weighted by Crippen LogP contribution is 2.17. The number of amides is 4. The molecule has 0 spiro atoms. The van der Waals surface area contributed by atoms with E-state index >= 15 is 0 Å². The highest BCUT2D eigenvalue weighted by Gasteiger charge is 2.28. The van der Waals surface area contributed by atoms with Crippen LogP contribution in [0.15, 0.2) is 48.5 Å². The van der Waals surface area contributed by atoms with Crippen molar-refractivity contribution < 1.29 is 18.8 Å². The molecule has 0 bridgehead atoms. The second-order valence-corrected chi connectivity index (χ2v) is 6.05. The van der Waals surface area contributed by atoms with E-state index in [9.17, 15) is 18.8 Å². The minimum absolute atomic E-state index is 0.00720. The van der Waals surface area contributed by atoms with Crippen molar-refractivity contribution in [3.8, 4) is 0 Å². The van der Waals surface area contributed by atoms with Crippen molar-refractivity contribution in [2.45, 2.75) is 19.5 Å². The Morgan fingerprint density at radius 2 is 1.88 bits per heavy atom. The van der Waals surface area contributed by atoms with Gasteiger partial charge < -0.3 is 10.6 Å². The summed E-state index contributed by atoms with van der Waals surface area (Å²) in [5, 5.41) is 5.21. The van der Waals surface area contributed by atoms with Gasteiger partial charge in [0.15, 0.2) is 0 Å². The fraction of sp³-hybridized carbons (Fsp3) is 0.211. The summed E-state index contributed by atoms with van der Waals surface area (Å²) in [6.07, 6.45) is 0. The minimum atomic E-state index is -0.478. The summed E-state index contributed by atoms with van der Waals surface area (Å²) in [5.74, 6) is -0.984. The number of carbonyl (C=O) groups excluding carboxylic acids is 3. The predicted octanol–water partition coefficient (Wildman–Crippen LogP) is 2.37. The van der Waals surface area contributed by atoms with Crippen LogP contribution in [0.25, 0.3) is 0 Å². The highest BCUT2D eigenvalue weighted by molar-refractivity contribution is 6.01. The zero-order valence-electron chi connectivity index (χ0n) is 14.2. The average Bonchev–Trinajstić information content (AvgIpc) is 2.94. The predicted molar refractivity (Wildman–Crippen MR) is 92.7 cm³/mol. The van der Waals surface area contributed by atoms with Gasteiger partial charge in [-0.15, -0.1) is 0 Å². The molecule has 2 aromatic rings. The van der Waals surface area contributed by atoms with Gasteiger partial charge in [0, 0.05) is 11.1 Å². The number of nitrogens with zero attached hydrogens (tertiary/aromatic N) is 1. The zero-order chi connectivity index (χ0) is 18.7. The average molecular weight is 355 g/mol. The summed E-state index contributed by atoms with van der Waals surface area (Å²) >= 11 is 0. The van der Waals surface area contributed by atoms with Gasteiger partial charge >= 0.3 is 6.03 Å². The normalized spacial score (nSPS) is 14.9. The van der Waals surface area contributed by atoms with Crippen LogP contribution in [-0.4, -0.2) is 29.3 Å². The van der Waals surface area contributed by atoms with Gasteiger partial charge in [-0.25, -0.2) is 9.18 Å². The van der Waals surface area contributed by atoms with Crippen molar-refractivity contribution in [2.24, 2.45) is 0 Å². The molecule has 1 atom stereocenters. The molecule has 1 aliphatic heterocycles. The maximum atomic E-state index is 13.8. The van der Waals surface area contributed by atoms with Crippen molar-refractivity contribution in [3.63, 3.8) is 0 Å². The first-order chi connectivity index (χ1) is 12.5. The lowest BCUT2D eigenvalue weighted by atomic mass is 10.1. The first-order valence-electron chi connectivity index (χ1n) is 8.18. The third-order valence-electron chi connectivity index (χ3n) is 4.21. The largest absolute Gasteiger partial charge is 0.345 e. The van der Waals surface area contributed by atoms with Gasteiger partial charge in [0.05, 0.1) is 19.1 Å². The molecule has 7 heteroatoms. The number of imide groups is 1. The number of hydrogen-bond acceptors (Lipinski definition) is 3. The number of rotatable bonds is 5. The summed E-state index contributed by atoms with van der Waals surface area (Å²) in [7, 11) is 0. The lowest BCUT2D eigenvalue weighted by molar-refractivity contribution is -0.125. The molecule has 2 aromatic carbocycles. The maximum absolute atomic E-state index is 13.8. The van der Waals surface area contributed by atoms with Gasteiger partial charge in [-0.2, -0.15) is 0 Å². The SMILES string of the molecule is CC(NC(=O)c1ccc(CN2C(=O)CNC2=O)cc1)c1ccccc1F. The number of urea groups is 1. The summed E-state index contributed by atoms with van der Waals surface area (Å²) in [6, 6.07) is 12.0. The van der Waals surface area contributed by atoms with Crippen LogP contribution < -0.4 is 10.6 Å². The van der Waals surface area contributed by atoms with Gasteiger partial charge in [-0.1, -0.05) is 30.3 Å². The first kappa shape index (κ1) is 17.6. The van der Waals surface area contributed by atoms with Crippen molar-refractivity contribution in [3.05, 3.63) is 71.0 Å². The Morgan fingerprint density at radius 3 is 2.50 bits per heavy atom. The van der Waals surface area contributed by atoms with E-state index in [1.54, 1.807) is 49.4 Å². The Kier molecular flexibility index (Phi) is 4.97. The summed E-state index contributed by atoms with van der Waals surface area (Å²) in [4.78, 5) is 36.6. The number of hydrogen-bond donors (Lipinski definition) is 2. The van der Waals surface area contributed by atoms with Crippen LogP contribution in [-0.2, 0) is 11.3 Å². The molecule has 1 aliphatic rings. The number of nitrogens with one attached hydrogen (secondary N) is 2. The quantitative estimate of drug-likeness (QED) is 0.808. The van der Waals surface area contributed by atoms with E-state index in [0.717, 1.165) is 10.5 Å². The van der Waals surface area contributed by atoms with Gasteiger partial charge in [-0.05, 0) is 30.7 Å². The van der Waals surface area contributed by atoms with Crippen LogP contribution in [0, 0.1) is 5.82 Å². The standard InChI is InChI=1S/C19H18FN3O3/c1-12(15-4-2-3-5-16(15)20)22-18(25)14-8-6-13(7-9-14)11-23-17(24)10-21-19(23)26/h2-9,12H,10-11H2,1H3,(H,21,26)(H,22,25). The van der Waals surface area contributed by atoms with Gasteiger partial charge in [0.25, 0.3) is 5.91 Å². The van der Waals surface area contributed by atoms with E-state index in [1.807, 2.05) is 0 Å². The van der Waals surface area contributed by atoms with Crippen LogP contribution in [0.5, 0.6) is 0 Å². The molecule has 0 aliphatic carbocycles. The van der Waals surface area contributed by atoms with Gasteiger partial charge in [0.1, 0.15) is 5.82 Å². The molecule has 0 aromatic heterocycles. The molecular weight excluding hydrogens is 337 g/mol. The fourth-order valence-corrected chi connectivity index (χ4v) is 2.74. The van der Waals surface area contributed by atoms with Crippen LogP contribution in [0.3, 0.4) is 0 Å². The van der Waals surface area contributed by atoms with E-state index in [4.69, 9.17) is 0 Å². The van der Waals surface area contributed by atoms with E-state index < -0.39 is 12.1 Å². The molecule has 6 nitrogen and oxygen atoms in total. The maximum Gasteiger partial charge on any atom is 0.324 e. The number of carbonyl (C=O) groups is 3. The van der Waals surface area contributed by atoms with Crippen LogP contribution in [0.2, 0.25) is 0 Å². The molecule has 3 rings (SSSR count). The summed E-state index contributed by atoms with van der Waals surface area (Å²) in [5.41, 5.74) is 1.55. The Labute approximate surface area is 150 Å². The third kappa shape index (κ3) is 3.72. The van der Waals surface area contributed by atoms with Crippen molar-refractivity contribution >= 4 is 17.8 Å². The Morgan fingerprint density at radius 1 is 1.19 bits per heavy atom. The fourth-order valence-electron chi connectivity index (χ4n) is 2.74. The monoisotopic (exact) mass is 355 g/mol. The third-order valence-corrected chi connectivity index (χ3v) is 4.21. The van der Waals surface area contributed by atoms with Crippen molar-refractivity contribution in [2.75, 3.05) is 6.54 Å². The second kappa shape index (κ2) is 7.35. The molecule has 26 heavy (non-hydrogen) atoms. The molecular formula is C19H18FN3O3. The number of benzene rings is 2. The topological polar surface area (TPSA) is 78.5 Å². The molecule has 134 valence electrons. The van der Waals surface area contributed by atoms with E-state index in [1.165, 1.54) is 6.07 Å². The second-order valence-electron chi connectivity index (χ2n) is 6.05. The Hall–Kier alpha value is -3.22. The molecule has 1 saturated heterocycles. The van der Waals surface area contributed by atoms with Crippen molar-refractivity contribution in [1.29, 1.82) is 0 Å². The minimum Gasteiger partial charge on any atom is -0.345 e. The number of halogens is 1. The molecule has 1 fully saturated rings. The Bertz CT molecular complexity index is 835. The highest BCUT2D eigenvalue weighted by atomic mass is 19.1. The van der Waals surface area contributed by atoms with Gasteiger partial charge in [0.2, 0.25) is 5.91 Å². The molecule has 0 radical (unpaired) electrons. The van der Waals surface area contributed by atoms with E-state index in [-0.39, 0.29) is 30.7 Å². The zero-order valence-corrected chi connectivity index (χ0v) is 14.2. The molecule has 2 N–H and O–H groups in total. The summed E-state index contributed by atoms with van der Waals surface area (Å²) < 4.78 is 13.8. The van der Waals surface area contributed by atoms with E-state index in [2.05, 4.69) is 10.6 Å². The molecule has 0 saturated carbocycles. The van der Waals surface area contributed by atoms with Crippen LogP contribution in [0.4, 0.5) is 9.18 Å². The van der Waals surface area contributed by atoms with Crippen LogP contribution in [0.1, 0.15) is 34.5 Å². The summed E-state index contributed by atoms with van der Waals surface area (Å²) in [6.45, 7) is 1.87. The van der Waals surface area contributed by atoms with E-state index in [0.29, 0.717) is 11.1 Å². The van der Waals surface area contributed by atoms with Crippen LogP contribution >= 0.6 is 0 Å². The van der Waals surface area contributed by atoms with Gasteiger partial charge in [-0.3, -0.25) is 14.5 Å². The van der Waals surface area contributed by atoms with Crippen molar-refractivity contribution in [1.82, 2.24) is 15.5 Å². The Balaban J connectivity index is 1.64. The molecule has 1 unspecified atom stereocenters. The molecule has 1 heterocycles. The smallest absolute Gasteiger partial charge is 0.324 e.